The quantitative estimate of drug-likeness (QED) is 0.625. The SMILES string of the molecule is CCS(=O)(=O)c1ccc2oc(C=Cc3ccc(OC(F)(F)F)cc3)nc2c1. The van der Waals surface area contributed by atoms with E-state index in [0.29, 0.717) is 16.7 Å². The van der Waals surface area contributed by atoms with E-state index in [1.807, 2.05) is 0 Å². The Morgan fingerprint density at radius 1 is 1.11 bits per heavy atom. The maximum absolute atomic E-state index is 12.1. The molecule has 9 heteroatoms. The van der Waals surface area contributed by atoms with Crippen LogP contribution in [0.25, 0.3) is 23.3 Å². The molecule has 0 radical (unpaired) electrons. The molecule has 27 heavy (non-hydrogen) atoms. The van der Waals surface area contributed by atoms with Gasteiger partial charge < -0.3 is 9.15 Å². The molecule has 0 unspecified atom stereocenters. The average molecular weight is 397 g/mol. The first-order chi connectivity index (χ1) is 12.7. The first-order valence-corrected chi connectivity index (χ1v) is 9.49. The largest absolute Gasteiger partial charge is 0.573 e. The third kappa shape index (κ3) is 4.68. The van der Waals surface area contributed by atoms with Crippen LogP contribution >= 0.6 is 0 Å². The molecule has 0 saturated heterocycles. The van der Waals surface area contributed by atoms with E-state index in [1.54, 1.807) is 13.0 Å². The van der Waals surface area contributed by atoms with Gasteiger partial charge in [0.05, 0.1) is 10.6 Å². The topological polar surface area (TPSA) is 69.4 Å². The van der Waals surface area contributed by atoms with Crippen molar-refractivity contribution in [2.45, 2.75) is 18.2 Å². The van der Waals surface area contributed by atoms with Gasteiger partial charge in [0.15, 0.2) is 15.4 Å². The number of ether oxygens (including phenoxy) is 1. The number of oxazole rings is 1. The van der Waals surface area contributed by atoms with Gasteiger partial charge >= 0.3 is 6.36 Å². The summed E-state index contributed by atoms with van der Waals surface area (Å²) in [5.74, 6) is -0.0881. The summed E-state index contributed by atoms with van der Waals surface area (Å²) in [6.07, 6.45) is -1.60. The predicted octanol–water partition coefficient (Wildman–Crippen LogP) is 4.69. The van der Waals surface area contributed by atoms with Gasteiger partial charge in [-0.2, -0.15) is 0 Å². The van der Waals surface area contributed by atoms with Crippen molar-refractivity contribution in [1.29, 1.82) is 0 Å². The van der Waals surface area contributed by atoms with Gasteiger partial charge in [0.2, 0.25) is 5.89 Å². The fourth-order valence-corrected chi connectivity index (χ4v) is 3.20. The maximum atomic E-state index is 12.1. The molecule has 0 N–H and O–H groups in total. The van der Waals surface area contributed by atoms with Crippen LogP contribution in [0.4, 0.5) is 13.2 Å². The molecule has 3 aromatic rings. The molecule has 2 aromatic carbocycles. The van der Waals surface area contributed by atoms with Gasteiger partial charge in [-0.15, -0.1) is 13.2 Å². The van der Waals surface area contributed by atoms with Crippen LogP contribution in [0.1, 0.15) is 18.4 Å². The van der Waals surface area contributed by atoms with Crippen molar-refractivity contribution in [3.05, 3.63) is 53.9 Å². The third-order valence-corrected chi connectivity index (χ3v) is 5.38. The number of alkyl halides is 3. The van der Waals surface area contributed by atoms with Crippen LogP contribution in [0.15, 0.2) is 51.8 Å². The van der Waals surface area contributed by atoms with Crippen molar-refractivity contribution in [1.82, 2.24) is 4.98 Å². The van der Waals surface area contributed by atoms with Crippen LogP contribution in [-0.2, 0) is 9.84 Å². The van der Waals surface area contributed by atoms with E-state index < -0.39 is 16.2 Å². The zero-order valence-corrected chi connectivity index (χ0v) is 14.8. The molecule has 0 aliphatic rings. The predicted molar refractivity (Wildman–Crippen MR) is 93.8 cm³/mol. The number of halogens is 3. The minimum atomic E-state index is -4.74. The average Bonchev–Trinajstić information content (AvgIpc) is 3.02. The molecule has 5 nitrogen and oxygen atoms in total. The molecule has 0 bridgehead atoms. The van der Waals surface area contributed by atoms with Crippen LogP contribution in [0.3, 0.4) is 0 Å². The van der Waals surface area contributed by atoms with Crippen molar-refractivity contribution in [2.75, 3.05) is 5.75 Å². The van der Waals surface area contributed by atoms with E-state index in [0.717, 1.165) is 0 Å². The van der Waals surface area contributed by atoms with Crippen LogP contribution in [0.2, 0.25) is 0 Å². The Balaban J connectivity index is 1.80. The van der Waals surface area contributed by atoms with E-state index in [9.17, 15) is 21.6 Å². The first kappa shape index (κ1) is 19.0. The number of fused-ring (bicyclic) bond motifs is 1. The second-order valence-electron chi connectivity index (χ2n) is 5.54. The number of nitrogens with zero attached hydrogens (tertiary/aromatic N) is 1. The Labute approximate surface area is 153 Å². The van der Waals surface area contributed by atoms with Gasteiger partial charge in [-0.1, -0.05) is 19.1 Å². The smallest absolute Gasteiger partial charge is 0.437 e. The van der Waals surface area contributed by atoms with Crippen molar-refractivity contribution in [2.24, 2.45) is 0 Å². The molecule has 0 spiro atoms. The maximum Gasteiger partial charge on any atom is 0.573 e. The monoisotopic (exact) mass is 397 g/mol. The fraction of sp³-hybridized carbons (Fsp3) is 0.167. The molecule has 3 rings (SSSR count). The first-order valence-electron chi connectivity index (χ1n) is 7.83. The molecule has 1 aromatic heterocycles. The molecular weight excluding hydrogens is 383 g/mol. The Morgan fingerprint density at radius 2 is 1.81 bits per heavy atom. The zero-order chi connectivity index (χ0) is 19.7. The minimum absolute atomic E-state index is 0.0167. The Kier molecular flexibility index (Phi) is 4.97. The molecule has 0 atom stereocenters. The van der Waals surface area contributed by atoms with E-state index >= 15 is 0 Å². The molecule has 142 valence electrons. The highest BCUT2D eigenvalue weighted by molar-refractivity contribution is 7.91. The highest BCUT2D eigenvalue weighted by Gasteiger charge is 2.30. The summed E-state index contributed by atoms with van der Waals surface area (Å²) in [7, 11) is -3.34. The summed E-state index contributed by atoms with van der Waals surface area (Å²) in [5, 5.41) is 0. The summed E-state index contributed by atoms with van der Waals surface area (Å²) in [6, 6.07) is 9.73. The lowest BCUT2D eigenvalue weighted by atomic mass is 10.2. The molecule has 0 saturated carbocycles. The number of benzene rings is 2. The third-order valence-electron chi connectivity index (χ3n) is 3.65. The van der Waals surface area contributed by atoms with Crippen LogP contribution in [-0.4, -0.2) is 25.5 Å². The van der Waals surface area contributed by atoms with Gasteiger partial charge in [-0.25, -0.2) is 13.4 Å². The number of rotatable bonds is 5. The molecular formula is C18H14F3NO4S. The number of hydrogen-bond acceptors (Lipinski definition) is 5. The molecule has 1 heterocycles. The summed E-state index contributed by atoms with van der Waals surface area (Å²) in [6.45, 7) is 1.56. The summed E-state index contributed by atoms with van der Waals surface area (Å²) >= 11 is 0. The van der Waals surface area contributed by atoms with Crippen molar-refractivity contribution in [3.8, 4) is 5.75 Å². The van der Waals surface area contributed by atoms with Crippen LogP contribution < -0.4 is 4.74 Å². The van der Waals surface area contributed by atoms with Crippen LogP contribution in [0.5, 0.6) is 5.75 Å². The van der Waals surface area contributed by atoms with Gasteiger partial charge in [-0.3, -0.25) is 0 Å². The summed E-state index contributed by atoms with van der Waals surface area (Å²) in [4.78, 5) is 4.38. The minimum Gasteiger partial charge on any atom is -0.437 e. The van der Waals surface area contributed by atoms with E-state index in [4.69, 9.17) is 4.42 Å². The van der Waals surface area contributed by atoms with Crippen molar-refractivity contribution >= 4 is 33.1 Å². The lowest BCUT2D eigenvalue weighted by Crippen LogP contribution is -2.16. The Bertz CT molecular complexity index is 1080. The van der Waals surface area contributed by atoms with Crippen molar-refractivity contribution < 1.29 is 30.7 Å². The van der Waals surface area contributed by atoms with Gasteiger partial charge in [-0.05, 0) is 42.0 Å². The second-order valence-corrected chi connectivity index (χ2v) is 7.81. The lowest BCUT2D eigenvalue weighted by Gasteiger charge is -2.08. The number of hydrogen-bond donors (Lipinski definition) is 0. The van der Waals surface area contributed by atoms with E-state index in [-0.39, 0.29) is 22.3 Å². The lowest BCUT2D eigenvalue weighted by molar-refractivity contribution is -0.274. The zero-order valence-electron chi connectivity index (χ0n) is 14.0. The second kappa shape index (κ2) is 7.07. The standard InChI is InChI=1S/C18H14F3NO4S/c1-2-27(23,24)14-8-9-16-15(11-14)22-17(25-16)10-5-12-3-6-13(7-4-12)26-18(19,20)21/h3-11H,2H2,1H3. The molecule has 0 amide bonds. The number of sulfone groups is 1. The molecule has 0 fully saturated rings. The summed E-state index contributed by atoms with van der Waals surface area (Å²) < 4.78 is 69.6. The van der Waals surface area contributed by atoms with E-state index in [1.165, 1.54) is 48.5 Å². The van der Waals surface area contributed by atoms with Gasteiger partial charge in [0.1, 0.15) is 11.3 Å². The highest BCUT2D eigenvalue weighted by atomic mass is 32.2. The van der Waals surface area contributed by atoms with Crippen LogP contribution in [0, 0.1) is 0 Å². The Morgan fingerprint density at radius 3 is 2.44 bits per heavy atom. The normalized spacial score (nSPS) is 12.7. The van der Waals surface area contributed by atoms with Crippen molar-refractivity contribution in [3.63, 3.8) is 0 Å². The number of aromatic nitrogens is 1. The highest BCUT2D eigenvalue weighted by Crippen LogP contribution is 2.24. The molecule has 0 aliphatic carbocycles. The molecule has 0 aliphatic heterocycles. The fourth-order valence-electron chi connectivity index (χ4n) is 2.30. The van der Waals surface area contributed by atoms with Gasteiger partial charge in [0.25, 0.3) is 0 Å². The van der Waals surface area contributed by atoms with Gasteiger partial charge in [0, 0.05) is 6.08 Å². The Hall–Kier alpha value is -2.81. The summed E-state index contributed by atoms with van der Waals surface area (Å²) in [5.41, 5.74) is 1.44. The van der Waals surface area contributed by atoms with E-state index in [2.05, 4.69) is 9.72 Å².